The summed E-state index contributed by atoms with van der Waals surface area (Å²) in [5.41, 5.74) is 3.55. The molecule has 3 aromatic rings. The van der Waals surface area contributed by atoms with Crippen molar-refractivity contribution in [3.05, 3.63) is 60.3 Å². The highest BCUT2D eigenvalue weighted by Gasteiger charge is 2.03. The Labute approximate surface area is 119 Å². The van der Waals surface area contributed by atoms with Crippen LogP contribution in [0.4, 0.5) is 0 Å². The molecule has 1 N–H and O–H groups in total. The van der Waals surface area contributed by atoms with Gasteiger partial charge in [0.2, 0.25) is 0 Å². The van der Waals surface area contributed by atoms with Gasteiger partial charge in [0.25, 0.3) is 0 Å². The largest absolute Gasteiger partial charge is 0.313 e. The summed E-state index contributed by atoms with van der Waals surface area (Å²) in [5, 5.41) is 9.05. The lowest BCUT2D eigenvalue weighted by Crippen LogP contribution is -2.13. The van der Waals surface area contributed by atoms with E-state index in [0.29, 0.717) is 0 Å². The van der Waals surface area contributed by atoms with Crippen molar-refractivity contribution < 1.29 is 0 Å². The van der Waals surface area contributed by atoms with E-state index in [1.54, 1.807) is 0 Å². The van der Waals surface area contributed by atoms with Gasteiger partial charge in [0.05, 0.1) is 17.4 Å². The Hall–Kier alpha value is -2.13. The maximum atomic E-state index is 4.47. The second-order valence-corrected chi connectivity index (χ2v) is 4.96. The molecule has 0 unspecified atom stereocenters. The number of aromatic nitrogens is 2. The van der Waals surface area contributed by atoms with Gasteiger partial charge in [-0.2, -0.15) is 5.10 Å². The second kappa shape index (κ2) is 5.88. The monoisotopic (exact) mass is 265 g/mol. The van der Waals surface area contributed by atoms with Crippen molar-refractivity contribution in [2.75, 3.05) is 6.54 Å². The van der Waals surface area contributed by atoms with Crippen LogP contribution in [0.3, 0.4) is 0 Å². The van der Waals surface area contributed by atoms with Gasteiger partial charge in [-0.3, -0.25) is 0 Å². The van der Waals surface area contributed by atoms with Crippen LogP contribution >= 0.6 is 0 Å². The molecule has 0 saturated carbocycles. The highest BCUT2D eigenvalue weighted by atomic mass is 15.3. The predicted octanol–water partition coefficient (Wildman–Crippen LogP) is 3.53. The van der Waals surface area contributed by atoms with E-state index in [-0.39, 0.29) is 0 Å². The Balaban J connectivity index is 1.84. The number of para-hydroxylation sites is 1. The fourth-order valence-corrected chi connectivity index (χ4v) is 2.34. The number of hydrogen-bond acceptors (Lipinski definition) is 2. The Kier molecular flexibility index (Phi) is 3.79. The van der Waals surface area contributed by atoms with Gasteiger partial charge in [-0.15, -0.1) is 0 Å². The van der Waals surface area contributed by atoms with Gasteiger partial charge < -0.3 is 5.32 Å². The van der Waals surface area contributed by atoms with Crippen LogP contribution in [0, 0.1) is 0 Å². The highest BCUT2D eigenvalue weighted by molar-refractivity contribution is 5.80. The zero-order chi connectivity index (χ0) is 13.8. The molecular formula is C17H19N3. The highest BCUT2D eigenvalue weighted by Crippen LogP contribution is 2.18. The van der Waals surface area contributed by atoms with E-state index in [9.17, 15) is 0 Å². The molecule has 0 atom stereocenters. The number of fused-ring (bicyclic) bond motifs is 1. The summed E-state index contributed by atoms with van der Waals surface area (Å²) in [6, 6.07) is 16.8. The second-order valence-electron chi connectivity index (χ2n) is 4.96. The summed E-state index contributed by atoms with van der Waals surface area (Å²) in [6.07, 6.45) is 3.07. The van der Waals surface area contributed by atoms with Crippen LogP contribution in [-0.2, 0) is 6.54 Å². The Morgan fingerprint density at radius 2 is 1.85 bits per heavy atom. The first-order valence-corrected chi connectivity index (χ1v) is 7.11. The van der Waals surface area contributed by atoms with Gasteiger partial charge >= 0.3 is 0 Å². The molecule has 0 amide bonds. The number of nitrogens with zero attached hydrogens (tertiary/aromatic N) is 2. The Bertz CT molecular complexity index is 683. The molecule has 2 aromatic carbocycles. The van der Waals surface area contributed by atoms with Gasteiger partial charge in [-0.25, -0.2) is 4.68 Å². The molecule has 0 saturated heterocycles. The van der Waals surface area contributed by atoms with Crippen molar-refractivity contribution >= 4 is 10.9 Å². The molecule has 20 heavy (non-hydrogen) atoms. The van der Waals surface area contributed by atoms with Crippen LogP contribution in [-0.4, -0.2) is 16.3 Å². The zero-order valence-corrected chi connectivity index (χ0v) is 11.7. The number of nitrogens with one attached hydrogen (secondary N) is 1. The summed E-state index contributed by atoms with van der Waals surface area (Å²) in [7, 11) is 0. The topological polar surface area (TPSA) is 29.9 Å². The van der Waals surface area contributed by atoms with Crippen LogP contribution in [0.5, 0.6) is 0 Å². The zero-order valence-electron chi connectivity index (χ0n) is 11.7. The molecule has 0 fully saturated rings. The molecule has 3 nitrogen and oxygen atoms in total. The normalized spacial score (nSPS) is 11.1. The van der Waals surface area contributed by atoms with E-state index in [2.05, 4.69) is 53.7 Å². The standard InChI is InChI=1S/C17H19N3/c1-2-11-18-12-14-7-9-16(10-8-14)20-17-6-4-3-5-15(17)13-19-20/h3-10,13,18H,2,11-12H2,1H3. The first-order valence-electron chi connectivity index (χ1n) is 7.11. The van der Waals surface area contributed by atoms with Crippen molar-refractivity contribution in [1.29, 1.82) is 0 Å². The lowest BCUT2D eigenvalue weighted by atomic mass is 10.2. The van der Waals surface area contributed by atoms with E-state index in [0.717, 1.165) is 30.7 Å². The average Bonchev–Trinajstić information content (AvgIpc) is 2.92. The minimum absolute atomic E-state index is 0.925. The van der Waals surface area contributed by atoms with E-state index < -0.39 is 0 Å². The van der Waals surface area contributed by atoms with E-state index in [4.69, 9.17) is 0 Å². The maximum Gasteiger partial charge on any atom is 0.0741 e. The fraction of sp³-hybridized carbons (Fsp3) is 0.235. The molecule has 0 aliphatic carbocycles. The molecular weight excluding hydrogens is 246 g/mol. The number of benzene rings is 2. The van der Waals surface area contributed by atoms with Crippen LogP contribution in [0.2, 0.25) is 0 Å². The molecule has 0 spiro atoms. The molecule has 0 aliphatic heterocycles. The van der Waals surface area contributed by atoms with Gasteiger partial charge in [-0.1, -0.05) is 37.3 Å². The Morgan fingerprint density at radius 3 is 2.65 bits per heavy atom. The quantitative estimate of drug-likeness (QED) is 0.715. The summed E-state index contributed by atoms with van der Waals surface area (Å²) in [4.78, 5) is 0. The summed E-state index contributed by atoms with van der Waals surface area (Å²) in [6.45, 7) is 4.17. The molecule has 3 heteroatoms. The van der Waals surface area contributed by atoms with Crippen molar-refractivity contribution in [1.82, 2.24) is 15.1 Å². The minimum atomic E-state index is 0.925. The van der Waals surface area contributed by atoms with Gasteiger partial charge in [0.15, 0.2) is 0 Å². The van der Waals surface area contributed by atoms with Crippen molar-refractivity contribution in [2.45, 2.75) is 19.9 Å². The average molecular weight is 265 g/mol. The first-order chi connectivity index (χ1) is 9.88. The minimum Gasteiger partial charge on any atom is -0.313 e. The summed E-state index contributed by atoms with van der Waals surface area (Å²) >= 11 is 0. The van der Waals surface area contributed by atoms with Crippen molar-refractivity contribution in [3.63, 3.8) is 0 Å². The third-order valence-electron chi connectivity index (χ3n) is 3.41. The molecule has 1 heterocycles. The predicted molar refractivity (Wildman–Crippen MR) is 83.1 cm³/mol. The smallest absolute Gasteiger partial charge is 0.0741 e. The van der Waals surface area contributed by atoms with Gasteiger partial charge in [0.1, 0.15) is 0 Å². The van der Waals surface area contributed by atoms with Crippen LogP contribution in [0.15, 0.2) is 54.7 Å². The first kappa shape index (κ1) is 12.9. The van der Waals surface area contributed by atoms with E-state index in [1.807, 2.05) is 23.0 Å². The third-order valence-corrected chi connectivity index (χ3v) is 3.41. The summed E-state index contributed by atoms with van der Waals surface area (Å²) < 4.78 is 1.98. The molecule has 0 aliphatic rings. The Morgan fingerprint density at radius 1 is 1.05 bits per heavy atom. The van der Waals surface area contributed by atoms with Crippen LogP contribution in [0.1, 0.15) is 18.9 Å². The number of rotatable bonds is 5. The van der Waals surface area contributed by atoms with E-state index in [1.165, 1.54) is 10.9 Å². The van der Waals surface area contributed by atoms with E-state index >= 15 is 0 Å². The molecule has 0 radical (unpaired) electrons. The van der Waals surface area contributed by atoms with Gasteiger partial charge in [-0.05, 0) is 36.7 Å². The lowest BCUT2D eigenvalue weighted by molar-refractivity contribution is 0.675. The summed E-state index contributed by atoms with van der Waals surface area (Å²) in [5.74, 6) is 0. The van der Waals surface area contributed by atoms with Crippen molar-refractivity contribution in [2.24, 2.45) is 0 Å². The van der Waals surface area contributed by atoms with Crippen molar-refractivity contribution in [3.8, 4) is 5.69 Å². The molecule has 102 valence electrons. The van der Waals surface area contributed by atoms with Crippen LogP contribution in [0.25, 0.3) is 16.6 Å². The SMILES string of the molecule is CCCNCc1ccc(-n2ncc3ccccc32)cc1. The number of hydrogen-bond donors (Lipinski definition) is 1. The third kappa shape index (κ3) is 2.58. The lowest BCUT2D eigenvalue weighted by Gasteiger charge is -2.06. The fourth-order valence-electron chi connectivity index (χ4n) is 2.34. The molecule has 1 aromatic heterocycles. The van der Waals surface area contributed by atoms with Gasteiger partial charge in [0, 0.05) is 11.9 Å². The molecule has 0 bridgehead atoms. The maximum absolute atomic E-state index is 4.47. The van der Waals surface area contributed by atoms with Crippen LogP contribution < -0.4 is 5.32 Å². The molecule has 3 rings (SSSR count).